The Morgan fingerprint density at radius 2 is 1.92 bits per heavy atom. The molecule has 12 heteroatoms. The first-order chi connectivity index (χ1) is 23.4. The Morgan fingerprint density at radius 3 is 2.67 bits per heavy atom. The first kappa shape index (κ1) is 34.9. The summed E-state index contributed by atoms with van der Waals surface area (Å²) in [6.45, 7) is 7.97. The van der Waals surface area contributed by atoms with Gasteiger partial charge in [-0.3, -0.25) is 19.6 Å². The molecule has 1 saturated heterocycles. The lowest BCUT2D eigenvalue weighted by Crippen LogP contribution is -2.62. The first-order valence-corrected chi connectivity index (χ1v) is 17.8. The van der Waals surface area contributed by atoms with E-state index in [4.69, 9.17) is 21.3 Å². The fourth-order valence-corrected chi connectivity index (χ4v) is 7.36. The van der Waals surface area contributed by atoms with Crippen LogP contribution in [0.3, 0.4) is 0 Å². The molecular formula is C37H42BrClN6O4. The summed E-state index contributed by atoms with van der Waals surface area (Å²) in [5.74, 6) is -0.0501. The number of aromatic hydroxyl groups is 1. The molecule has 2 amide bonds. The second-order valence-corrected chi connectivity index (χ2v) is 15.1. The molecule has 10 nitrogen and oxygen atoms in total. The standard InChI is InChI=1S/C37H42BrClN6O4/c1-37(2,3)49-36(48)45-17-16-43(34-31-11-10-29(39)20-26(31)8-9-27-19-28(38)21-41-33(27)34)23-32(45)35(47)44(14-5-13-42-15-12-40-24-42)22-25-6-4-7-30(46)18-25/h4,6-7,10-12,15,18-21,24,32,34,46H,5,8-9,13-14,16-17,22-23H2,1-3H3/t32-,34?/m1/s1. The van der Waals surface area contributed by atoms with Crippen molar-refractivity contribution in [1.29, 1.82) is 0 Å². The first-order valence-electron chi connectivity index (χ1n) is 16.6. The number of aromatic nitrogens is 3. The molecular weight excluding hydrogens is 708 g/mol. The van der Waals surface area contributed by atoms with Crippen molar-refractivity contribution in [3.63, 3.8) is 0 Å². The van der Waals surface area contributed by atoms with Crippen LogP contribution in [0.2, 0.25) is 5.02 Å². The largest absolute Gasteiger partial charge is 0.508 e. The number of imidazole rings is 1. The molecule has 3 heterocycles. The number of benzene rings is 2. The van der Waals surface area contributed by atoms with Crippen molar-refractivity contribution in [2.75, 3.05) is 26.2 Å². The highest BCUT2D eigenvalue weighted by atomic mass is 79.9. The summed E-state index contributed by atoms with van der Waals surface area (Å²) in [5.41, 5.74) is 4.39. The van der Waals surface area contributed by atoms with Gasteiger partial charge in [-0.05, 0) is 109 Å². The van der Waals surface area contributed by atoms with Crippen LogP contribution in [0.1, 0.15) is 61.2 Å². The van der Waals surface area contributed by atoms with Crippen molar-refractivity contribution in [3.05, 3.63) is 111 Å². The summed E-state index contributed by atoms with van der Waals surface area (Å²) < 4.78 is 8.75. The number of pyridine rings is 1. The zero-order valence-electron chi connectivity index (χ0n) is 28.1. The van der Waals surface area contributed by atoms with E-state index in [0.717, 1.165) is 45.3 Å². The van der Waals surface area contributed by atoms with Gasteiger partial charge in [-0.2, -0.15) is 0 Å². The smallest absolute Gasteiger partial charge is 0.411 e. The number of carbonyl (C=O) groups is 2. The van der Waals surface area contributed by atoms with Crippen LogP contribution in [0.4, 0.5) is 4.79 Å². The number of halogens is 2. The van der Waals surface area contributed by atoms with Gasteiger partial charge in [0.1, 0.15) is 17.4 Å². The third-order valence-electron chi connectivity index (χ3n) is 8.98. The molecule has 0 spiro atoms. The minimum absolute atomic E-state index is 0.132. The van der Waals surface area contributed by atoms with Gasteiger partial charge in [-0.25, -0.2) is 9.78 Å². The van der Waals surface area contributed by atoms with Gasteiger partial charge in [0, 0.05) is 67.4 Å². The summed E-state index contributed by atoms with van der Waals surface area (Å²) in [6.07, 6.45) is 8.98. The van der Waals surface area contributed by atoms with Crippen LogP contribution in [0, 0.1) is 0 Å². The van der Waals surface area contributed by atoms with Crippen LogP contribution in [0.5, 0.6) is 5.75 Å². The number of hydrogen-bond acceptors (Lipinski definition) is 7. The van der Waals surface area contributed by atoms with Gasteiger partial charge in [-0.15, -0.1) is 0 Å². The molecule has 2 aromatic heterocycles. The van der Waals surface area contributed by atoms with Gasteiger partial charge in [0.2, 0.25) is 5.91 Å². The van der Waals surface area contributed by atoms with Crippen molar-refractivity contribution in [3.8, 4) is 5.75 Å². The SMILES string of the molecule is CC(C)(C)OC(=O)N1CCN(C2c3ccc(Cl)cc3CCc3cc(Br)cnc32)C[C@@H]1C(=O)N(CCCn1ccnc1)Cc1cccc(O)c1. The van der Waals surface area contributed by atoms with Gasteiger partial charge in [0.15, 0.2) is 0 Å². The predicted octanol–water partition coefficient (Wildman–Crippen LogP) is 6.63. The summed E-state index contributed by atoms with van der Waals surface area (Å²) in [7, 11) is 0. The number of ether oxygens (including phenoxy) is 1. The topological polar surface area (TPSA) is 104 Å². The molecule has 1 N–H and O–H groups in total. The molecule has 4 aromatic rings. The number of carbonyl (C=O) groups excluding carboxylic acids is 2. The quantitative estimate of drug-likeness (QED) is 0.216. The van der Waals surface area contributed by atoms with Gasteiger partial charge >= 0.3 is 6.09 Å². The van der Waals surface area contributed by atoms with Crippen molar-refractivity contribution in [1.82, 2.24) is 29.2 Å². The Hall–Kier alpha value is -3.93. The Bertz CT molecular complexity index is 1740. The molecule has 0 bridgehead atoms. The molecule has 6 rings (SSSR count). The minimum atomic E-state index is -0.827. The number of piperazine rings is 1. The number of nitrogens with zero attached hydrogens (tertiary/aromatic N) is 6. The highest BCUT2D eigenvalue weighted by Gasteiger charge is 2.43. The maximum atomic E-state index is 14.9. The van der Waals surface area contributed by atoms with Crippen LogP contribution < -0.4 is 0 Å². The van der Waals surface area contributed by atoms with Crippen LogP contribution in [-0.2, 0) is 35.5 Å². The van der Waals surface area contributed by atoms with Crippen molar-refractivity contribution < 1.29 is 19.4 Å². The van der Waals surface area contributed by atoms with E-state index in [-0.39, 0.29) is 30.8 Å². The second-order valence-electron chi connectivity index (χ2n) is 13.7. The average molecular weight is 750 g/mol. The maximum absolute atomic E-state index is 14.9. The number of fused-ring (bicyclic) bond motifs is 2. The summed E-state index contributed by atoms with van der Waals surface area (Å²) in [4.78, 5) is 43.4. The van der Waals surface area contributed by atoms with E-state index in [2.05, 4.69) is 37.9 Å². The normalized spacial score (nSPS) is 17.9. The molecule has 1 aliphatic heterocycles. The highest BCUT2D eigenvalue weighted by Crippen LogP contribution is 2.39. The predicted molar refractivity (Wildman–Crippen MR) is 191 cm³/mol. The third kappa shape index (κ3) is 8.45. The summed E-state index contributed by atoms with van der Waals surface area (Å²) in [5, 5.41) is 10.9. The van der Waals surface area contributed by atoms with E-state index in [1.807, 2.05) is 55.9 Å². The molecule has 1 fully saturated rings. The van der Waals surface area contributed by atoms with Crippen LogP contribution in [0.25, 0.3) is 0 Å². The van der Waals surface area contributed by atoms with Crippen LogP contribution in [0.15, 0.2) is 77.9 Å². The molecule has 2 aromatic carbocycles. The fourth-order valence-electron chi connectivity index (χ4n) is 6.79. The number of phenols is 1. The van der Waals surface area contributed by atoms with Crippen LogP contribution >= 0.6 is 27.5 Å². The number of phenolic OH excluding ortho intramolecular Hbond substituents is 1. The number of amides is 2. The molecule has 0 radical (unpaired) electrons. The molecule has 49 heavy (non-hydrogen) atoms. The molecule has 0 saturated carbocycles. The molecule has 2 atom stereocenters. The Kier molecular flexibility index (Phi) is 10.6. The lowest BCUT2D eigenvalue weighted by Gasteiger charge is -2.45. The fraction of sp³-hybridized carbons (Fsp3) is 0.405. The molecule has 1 aliphatic carbocycles. The molecule has 258 valence electrons. The minimum Gasteiger partial charge on any atom is -0.508 e. The van der Waals surface area contributed by atoms with E-state index in [1.54, 1.807) is 40.5 Å². The number of rotatable bonds is 8. The maximum Gasteiger partial charge on any atom is 0.411 e. The van der Waals surface area contributed by atoms with E-state index in [0.29, 0.717) is 37.6 Å². The summed E-state index contributed by atoms with van der Waals surface area (Å²) in [6, 6.07) is 14.0. The van der Waals surface area contributed by atoms with Gasteiger partial charge < -0.3 is 19.3 Å². The zero-order valence-corrected chi connectivity index (χ0v) is 30.4. The Labute approximate surface area is 300 Å². The van der Waals surface area contributed by atoms with Gasteiger partial charge in [-0.1, -0.05) is 29.8 Å². The van der Waals surface area contributed by atoms with E-state index in [9.17, 15) is 14.7 Å². The van der Waals surface area contributed by atoms with Gasteiger partial charge in [0.25, 0.3) is 0 Å². The van der Waals surface area contributed by atoms with Crippen molar-refractivity contribution in [2.24, 2.45) is 0 Å². The lowest BCUT2D eigenvalue weighted by molar-refractivity contribution is -0.140. The number of aryl methyl sites for hydroxylation is 3. The van der Waals surface area contributed by atoms with E-state index < -0.39 is 17.7 Å². The van der Waals surface area contributed by atoms with Crippen LogP contribution in [-0.4, -0.2) is 84.2 Å². The second kappa shape index (κ2) is 14.9. The van der Waals surface area contributed by atoms with E-state index in [1.165, 1.54) is 0 Å². The third-order valence-corrected chi connectivity index (χ3v) is 9.65. The molecule has 2 aliphatic rings. The lowest BCUT2D eigenvalue weighted by atomic mass is 9.95. The Morgan fingerprint density at radius 1 is 1.10 bits per heavy atom. The van der Waals surface area contributed by atoms with Crippen molar-refractivity contribution in [2.45, 2.75) is 70.8 Å². The zero-order chi connectivity index (χ0) is 34.7. The number of hydrogen-bond donors (Lipinski definition) is 1. The highest BCUT2D eigenvalue weighted by molar-refractivity contribution is 9.10. The summed E-state index contributed by atoms with van der Waals surface area (Å²) >= 11 is 10.1. The van der Waals surface area contributed by atoms with E-state index >= 15 is 0 Å². The average Bonchev–Trinajstić information content (AvgIpc) is 3.52. The van der Waals surface area contributed by atoms with Crippen molar-refractivity contribution >= 4 is 39.5 Å². The van der Waals surface area contributed by atoms with Gasteiger partial charge in [0.05, 0.1) is 18.1 Å². The monoisotopic (exact) mass is 748 g/mol. The molecule has 1 unspecified atom stereocenters. The Balaban J connectivity index is 1.36.